The van der Waals surface area contributed by atoms with E-state index in [1.54, 1.807) is 13.4 Å². The average Bonchev–Trinajstić information content (AvgIpc) is 3.11. The van der Waals surface area contributed by atoms with Crippen LogP contribution >= 0.6 is 0 Å². The van der Waals surface area contributed by atoms with Crippen LogP contribution in [0.5, 0.6) is 0 Å². The van der Waals surface area contributed by atoms with Crippen LogP contribution in [0, 0.1) is 6.92 Å². The van der Waals surface area contributed by atoms with Gasteiger partial charge in [0.25, 0.3) is 0 Å². The van der Waals surface area contributed by atoms with E-state index in [1.807, 2.05) is 34.9 Å². The zero-order valence-corrected chi connectivity index (χ0v) is 14.5. The number of nitrogens with one attached hydrogen (secondary N) is 2. The average molecular weight is 334 g/mol. The Balaban J connectivity index is 1.60. The molecule has 128 valence electrons. The number of nitrogens with zero attached hydrogens (tertiary/aromatic N) is 4. The molecule has 0 fully saturated rings. The first-order chi connectivity index (χ1) is 12.3. The second-order valence-electron chi connectivity index (χ2n) is 5.72. The van der Waals surface area contributed by atoms with Crippen molar-refractivity contribution in [3.8, 4) is 5.69 Å². The van der Waals surface area contributed by atoms with Crippen molar-refractivity contribution in [3.63, 3.8) is 0 Å². The lowest BCUT2D eigenvalue weighted by atomic mass is 10.1. The van der Waals surface area contributed by atoms with Crippen molar-refractivity contribution < 1.29 is 0 Å². The zero-order valence-electron chi connectivity index (χ0n) is 14.5. The fourth-order valence-corrected chi connectivity index (χ4v) is 2.58. The van der Waals surface area contributed by atoms with E-state index >= 15 is 0 Å². The van der Waals surface area contributed by atoms with Crippen molar-refractivity contribution in [1.29, 1.82) is 0 Å². The predicted octanol–water partition coefficient (Wildman–Crippen LogP) is 2.44. The van der Waals surface area contributed by atoms with Gasteiger partial charge in [0.2, 0.25) is 0 Å². The second kappa shape index (κ2) is 8.10. The van der Waals surface area contributed by atoms with Crippen LogP contribution in [0.15, 0.2) is 65.9 Å². The van der Waals surface area contributed by atoms with Gasteiger partial charge in [-0.2, -0.15) is 0 Å². The van der Waals surface area contributed by atoms with E-state index in [1.165, 1.54) is 11.1 Å². The Morgan fingerprint density at radius 3 is 2.60 bits per heavy atom. The molecule has 0 aliphatic rings. The quantitative estimate of drug-likeness (QED) is 0.555. The smallest absolute Gasteiger partial charge is 0.191 e. The van der Waals surface area contributed by atoms with Crippen molar-refractivity contribution >= 4 is 5.96 Å². The van der Waals surface area contributed by atoms with E-state index < -0.39 is 0 Å². The molecule has 1 heterocycles. The number of benzene rings is 2. The molecule has 2 N–H and O–H groups in total. The number of aryl methyl sites for hydroxylation is 1. The maximum Gasteiger partial charge on any atom is 0.191 e. The molecule has 0 aliphatic carbocycles. The molecule has 0 spiro atoms. The molecule has 0 atom stereocenters. The van der Waals surface area contributed by atoms with Crippen LogP contribution in [0.25, 0.3) is 5.69 Å². The van der Waals surface area contributed by atoms with Crippen molar-refractivity contribution in [2.24, 2.45) is 4.99 Å². The van der Waals surface area contributed by atoms with E-state index in [2.05, 4.69) is 57.0 Å². The van der Waals surface area contributed by atoms with Crippen molar-refractivity contribution in [2.75, 3.05) is 7.05 Å². The van der Waals surface area contributed by atoms with Crippen LogP contribution in [0.2, 0.25) is 0 Å². The van der Waals surface area contributed by atoms with Gasteiger partial charge in [-0.1, -0.05) is 48.0 Å². The van der Waals surface area contributed by atoms with E-state index in [0.29, 0.717) is 13.1 Å². The Bertz CT molecular complexity index is 838. The molecule has 0 bridgehead atoms. The molecule has 0 saturated heterocycles. The molecule has 0 amide bonds. The Kier molecular flexibility index (Phi) is 5.41. The van der Waals surface area contributed by atoms with Crippen molar-refractivity contribution in [3.05, 3.63) is 77.9 Å². The van der Waals surface area contributed by atoms with Crippen LogP contribution in [0.3, 0.4) is 0 Å². The molecule has 3 aromatic rings. The summed E-state index contributed by atoms with van der Waals surface area (Å²) in [6.45, 7) is 3.34. The summed E-state index contributed by atoms with van der Waals surface area (Å²) >= 11 is 0. The highest BCUT2D eigenvalue weighted by atomic mass is 15.3. The summed E-state index contributed by atoms with van der Waals surface area (Å²) in [5.74, 6) is 1.55. The molecule has 6 nitrogen and oxygen atoms in total. The minimum absolute atomic E-state index is 0.530. The summed E-state index contributed by atoms with van der Waals surface area (Å²) in [6, 6.07) is 18.4. The Hall–Kier alpha value is -3.15. The van der Waals surface area contributed by atoms with Gasteiger partial charge in [-0.3, -0.25) is 9.56 Å². The molecule has 0 saturated carbocycles. The first-order valence-electron chi connectivity index (χ1n) is 8.20. The lowest BCUT2D eigenvalue weighted by molar-refractivity contribution is 0.754. The molecule has 1 aromatic heterocycles. The standard InChI is InChI=1S/C19H22N6/c1-15-7-6-8-16(11-15)12-21-19(20-2)22-13-18-24-23-14-25(18)17-9-4-3-5-10-17/h3-11,14H,12-13H2,1-2H3,(H2,20,21,22). The normalized spacial score (nSPS) is 11.4. The molecule has 25 heavy (non-hydrogen) atoms. The topological polar surface area (TPSA) is 67.1 Å². The lowest BCUT2D eigenvalue weighted by Gasteiger charge is -2.12. The predicted molar refractivity (Wildman–Crippen MR) is 99.6 cm³/mol. The third-order valence-corrected chi connectivity index (χ3v) is 3.83. The molecule has 6 heteroatoms. The third-order valence-electron chi connectivity index (χ3n) is 3.83. The Morgan fingerprint density at radius 2 is 1.84 bits per heavy atom. The van der Waals surface area contributed by atoms with E-state index in [-0.39, 0.29) is 0 Å². The van der Waals surface area contributed by atoms with Gasteiger partial charge in [-0.25, -0.2) is 0 Å². The Labute approximate surface area is 147 Å². The lowest BCUT2D eigenvalue weighted by Crippen LogP contribution is -2.36. The summed E-state index contributed by atoms with van der Waals surface area (Å²) in [5, 5.41) is 14.8. The van der Waals surface area contributed by atoms with Gasteiger partial charge in [-0.15, -0.1) is 10.2 Å². The minimum Gasteiger partial charge on any atom is -0.352 e. The van der Waals surface area contributed by atoms with E-state index in [4.69, 9.17) is 0 Å². The van der Waals surface area contributed by atoms with Crippen molar-refractivity contribution in [1.82, 2.24) is 25.4 Å². The number of hydrogen-bond acceptors (Lipinski definition) is 3. The minimum atomic E-state index is 0.530. The van der Waals surface area contributed by atoms with Crippen LogP contribution in [-0.4, -0.2) is 27.8 Å². The highest BCUT2D eigenvalue weighted by molar-refractivity contribution is 5.79. The summed E-state index contributed by atoms with van der Waals surface area (Å²) in [4.78, 5) is 4.26. The molecular weight excluding hydrogens is 312 g/mol. The zero-order chi connectivity index (χ0) is 17.5. The fraction of sp³-hybridized carbons (Fsp3) is 0.211. The summed E-state index contributed by atoms with van der Waals surface area (Å²) in [6.07, 6.45) is 1.72. The molecule has 0 aliphatic heterocycles. The number of hydrogen-bond donors (Lipinski definition) is 2. The molecule has 2 aromatic carbocycles. The van der Waals surface area contributed by atoms with Gasteiger partial charge in [0.05, 0.1) is 6.54 Å². The largest absolute Gasteiger partial charge is 0.352 e. The first-order valence-corrected chi connectivity index (χ1v) is 8.20. The third kappa shape index (κ3) is 4.44. The number of aromatic nitrogens is 3. The molecular formula is C19H22N6. The summed E-state index contributed by atoms with van der Waals surface area (Å²) < 4.78 is 1.96. The van der Waals surface area contributed by atoms with Gasteiger partial charge in [0.15, 0.2) is 11.8 Å². The van der Waals surface area contributed by atoms with E-state index in [9.17, 15) is 0 Å². The summed E-state index contributed by atoms with van der Waals surface area (Å²) in [7, 11) is 1.76. The van der Waals surface area contributed by atoms with Gasteiger partial charge < -0.3 is 10.6 Å². The number of guanidine groups is 1. The number of para-hydroxylation sites is 1. The van der Waals surface area contributed by atoms with Gasteiger partial charge in [0.1, 0.15) is 6.33 Å². The highest BCUT2D eigenvalue weighted by Gasteiger charge is 2.07. The van der Waals surface area contributed by atoms with Crippen LogP contribution in [-0.2, 0) is 13.1 Å². The first kappa shape index (κ1) is 16.7. The van der Waals surface area contributed by atoms with Crippen LogP contribution in [0.4, 0.5) is 0 Å². The van der Waals surface area contributed by atoms with Crippen LogP contribution in [0.1, 0.15) is 17.0 Å². The monoisotopic (exact) mass is 334 g/mol. The molecule has 3 rings (SSSR count). The number of rotatable bonds is 5. The maximum atomic E-state index is 4.26. The number of aliphatic imine (C=N–C) groups is 1. The summed E-state index contributed by atoms with van der Waals surface area (Å²) in [5.41, 5.74) is 3.50. The maximum absolute atomic E-state index is 4.26. The SMILES string of the molecule is CN=C(NCc1cccc(C)c1)NCc1nncn1-c1ccccc1. The van der Waals surface area contributed by atoms with E-state index in [0.717, 1.165) is 17.5 Å². The van der Waals surface area contributed by atoms with Gasteiger partial charge in [0, 0.05) is 19.3 Å². The van der Waals surface area contributed by atoms with Crippen molar-refractivity contribution in [2.45, 2.75) is 20.0 Å². The Morgan fingerprint density at radius 1 is 1.04 bits per heavy atom. The molecule has 0 radical (unpaired) electrons. The molecule has 0 unspecified atom stereocenters. The van der Waals surface area contributed by atoms with Gasteiger partial charge >= 0.3 is 0 Å². The highest BCUT2D eigenvalue weighted by Crippen LogP contribution is 2.08. The fourth-order valence-electron chi connectivity index (χ4n) is 2.58. The second-order valence-corrected chi connectivity index (χ2v) is 5.72. The van der Waals surface area contributed by atoms with Gasteiger partial charge in [-0.05, 0) is 24.6 Å². The van der Waals surface area contributed by atoms with Crippen LogP contribution < -0.4 is 10.6 Å².